The van der Waals surface area contributed by atoms with Gasteiger partial charge < -0.3 is 9.13 Å². The average Bonchev–Trinajstić information content (AvgIpc) is 4.12. The van der Waals surface area contributed by atoms with E-state index in [-0.39, 0.29) is 0 Å². The van der Waals surface area contributed by atoms with Crippen LogP contribution in [0.2, 0.25) is 0 Å². The highest BCUT2D eigenvalue weighted by molar-refractivity contribution is 6.16. The highest BCUT2D eigenvalue weighted by atomic mass is 15.2. The van der Waals surface area contributed by atoms with Gasteiger partial charge >= 0.3 is 0 Å². The number of pyridine rings is 1. The topological polar surface area (TPSA) is 80.2 Å². The molecule has 5 heterocycles. The molecule has 0 amide bonds. The third kappa shape index (κ3) is 5.80. The molecule has 14 rings (SSSR count). The molecule has 338 valence electrons. The lowest BCUT2D eigenvalue weighted by atomic mass is 9.96. The van der Waals surface area contributed by atoms with Crippen LogP contribution in [0.5, 0.6) is 0 Å². The molecule has 72 heavy (non-hydrogen) atoms. The zero-order valence-corrected chi connectivity index (χ0v) is 40.0. The van der Waals surface area contributed by atoms with Gasteiger partial charge in [-0.2, -0.15) is 10.5 Å². The average molecular weight is 922 g/mol. The molecule has 0 unspecified atom stereocenters. The zero-order valence-electron chi connectivity index (χ0n) is 40.0. The Morgan fingerprint density at radius 2 is 0.639 bits per heavy atom. The van der Waals surface area contributed by atoms with Crippen LogP contribution in [0.25, 0.3) is 121 Å². The van der Waals surface area contributed by atoms with Gasteiger partial charge in [0, 0.05) is 48.7 Å². The Morgan fingerprint density at radius 1 is 0.319 bits per heavy atom. The van der Waals surface area contributed by atoms with Gasteiger partial charge in [-0.15, -0.1) is 0 Å². The third-order valence-corrected chi connectivity index (χ3v) is 14.8. The van der Waals surface area contributed by atoms with Crippen LogP contribution in [0, 0.1) is 50.4 Å². The van der Waals surface area contributed by atoms with Crippen molar-refractivity contribution in [1.82, 2.24) is 23.3 Å². The van der Waals surface area contributed by atoms with E-state index in [1.165, 1.54) is 0 Å². The first-order valence-corrected chi connectivity index (χ1v) is 24.3. The van der Waals surface area contributed by atoms with E-state index in [1.807, 2.05) is 12.1 Å². The van der Waals surface area contributed by atoms with Crippen LogP contribution in [0.15, 0.2) is 188 Å². The van der Waals surface area contributed by atoms with E-state index >= 15 is 0 Å². The predicted octanol–water partition coefficient (Wildman–Crippen LogP) is 16.1. The second-order valence-corrected chi connectivity index (χ2v) is 19.3. The van der Waals surface area contributed by atoms with E-state index in [4.69, 9.17) is 4.98 Å². The molecule has 5 aromatic heterocycles. The third-order valence-electron chi connectivity index (χ3n) is 14.8. The van der Waals surface area contributed by atoms with Crippen LogP contribution in [-0.4, -0.2) is 23.3 Å². The molecule has 0 radical (unpaired) electrons. The first kappa shape index (κ1) is 41.3. The van der Waals surface area contributed by atoms with Crippen molar-refractivity contribution < 1.29 is 0 Å². The first-order chi connectivity index (χ1) is 35.3. The number of para-hydroxylation sites is 4. The number of nitriles is 2. The highest BCUT2D eigenvalue weighted by Crippen LogP contribution is 2.49. The Hall–Kier alpha value is -9.69. The summed E-state index contributed by atoms with van der Waals surface area (Å²) in [6, 6.07) is 71.8. The standard InChI is InChI=1S/C65H43N7/c1-38-21-27-57-49(31-38)45-13-5-9-17-53(45)69(57)62-61(42-25-26-43(36-66)44(35-42)37-67)63(70-54-18-10-6-14-46(54)50-32-39(2)22-28-58(50)70)65(72-56-20-12-8-16-48(56)52-34-41(4)24-30-60(52)72)68-64(62)71-55-19-11-7-15-47(55)51-33-40(3)23-29-59(51)71/h5-35H,1-4H3. The summed E-state index contributed by atoms with van der Waals surface area (Å²) in [6.45, 7) is 8.59. The molecule has 0 saturated heterocycles. The van der Waals surface area contributed by atoms with Crippen molar-refractivity contribution in [2.45, 2.75) is 27.7 Å². The summed E-state index contributed by atoms with van der Waals surface area (Å²) in [7, 11) is 0. The molecule has 7 heteroatoms. The van der Waals surface area contributed by atoms with Gasteiger partial charge in [0.25, 0.3) is 0 Å². The fourth-order valence-corrected chi connectivity index (χ4v) is 11.7. The zero-order chi connectivity index (χ0) is 48.5. The predicted molar refractivity (Wildman–Crippen MR) is 295 cm³/mol. The van der Waals surface area contributed by atoms with Gasteiger partial charge in [0.2, 0.25) is 0 Å². The van der Waals surface area contributed by atoms with Crippen LogP contribution in [0.4, 0.5) is 0 Å². The van der Waals surface area contributed by atoms with Crippen LogP contribution in [0.3, 0.4) is 0 Å². The normalized spacial score (nSPS) is 11.9. The number of aryl methyl sites for hydroxylation is 4. The summed E-state index contributed by atoms with van der Waals surface area (Å²) in [5, 5.41) is 30.4. The van der Waals surface area contributed by atoms with Gasteiger partial charge in [0.1, 0.15) is 23.5 Å². The fourth-order valence-electron chi connectivity index (χ4n) is 11.7. The van der Waals surface area contributed by atoms with Crippen LogP contribution < -0.4 is 0 Å². The summed E-state index contributed by atoms with van der Waals surface area (Å²) in [4.78, 5) is 6.31. The van der Waals surface area contributed by atoms with E-state index in [1.54, 1.807) is 6.07 Å². The molecule has 14 aromatic rings. The largest absolute Gasteiger partial charge is 0.305 e. The van der Waals surface area contributed by atoms with Gasteiger partial charge in [-0.05, 0) is 118 Å². The van der Waals surface area contributed by atoms with Crippen molar-refractivity contribution in [1.29, 1.82) is 10.5 Å². The fraction of sp³-hybridized carbons (Fsp3) is 0.0615. The monoisotopic (exact) mass is 921 g/mol. The summed E-state index contributed by atoms with van der Waals surface area (Å²) < 4.78 is 9.52. The second kappa shape index (κ2) is 15.4. The Kier molecular flexibility index (Phi) is 8.84. The van der Waals surface area contributed by atoms with Crippen molar-refractivity contribution in [3.8, 4) is 46.3 Å². The maximum absolute atomic E-state index is 10.9. The number of fused-ring (bicyclic) bond motifs is 12. The summed E-state index contributed by atoms with van der Waals surface area (Å²) >= 11 is 0. The lowest BCUT2D eigenvalue weighted by Gasteiger charge is -2.27. The smallest absolute Gasteiger partial charge is 0.165 e. The molecule has 7 nitrogen and oxygen atoms in total. The first-order valence-electron chi connectivity index (χ1n) is 24.3. The molecule has 0 saturated carbocycles. The lowest BCUT2D eigenvalue weighted by Crippen LogP contribution is -2.16. The van der Waals surface area contributed by atoms with Crippen molar-refractivity contribution in [3.63, 3.8) is 0 Å². The van der Waals surface area contributed by atoms with E-state index < -0.39 is 0 Å². The number of hydrogen-bond acceptors (Lipinski definition) is 3. The molecule has 0 bridgehead atoms. The van der Waals surface area contributed by atoms with Crippen LogP contribution in [-0.2, 0) is 0 Å². The minimum Gasteiger partial charge on any atom is -0.305 e. The van der Waals surface area contributed by atoms with E-state index in [9.17, 15) is 10.5 Å². The number of hydrogen-bond donors (Lipinski definition) is 0. The Labute approximate surface area is 414 Å². The van der Waals surface area contributed by atoms with Gasteiger partial charge in [-0.3, -0.25) is 9.13 Å². The highest BCUT2D eigenvalue weighted by Gasteiger charge is 2.33. The van der Waals surface area contributed by atoms with Gasteiger partial charge in [0.15, 0.2) is 11.6 Å². The number of rotatable bonds is 5. The van der Waals surface area contributed by atoms with Gasteiger partial charge in [0.05, 0.1) is 55.3 Å². The van der Waals surface area contributed by atoms with Gasteiger partial charge in [-0.25, -0.2) is 4.98 Å². The molecule has 9 aromatic carbocycles. The molecule has 0 spiro atoms. The molecule has 0 N–H and O–H groups in total. The van der Waals surface area contributed by atoms with E-state index in [0.29, 0.717) is 22.8 Å². The van der Waals surface area contributed by atoms with Crippen molar-refractivity contribution >= 4 is 87.2 Å². The summed E-state index contributed by atoms with van der Waals surface area (Å²) in [6.07, 6.45) is 0. The molecule has 0 aliphatic carbocycles. The maximum Gasteiger partial charge on any atom is 0.165 e. The minimum atomic E-state index is 0.294. The molecular formula is C65H43N7. The van der Waals surface area contributed by atoms with Crippen molar-refractivity contribution in [2.75, 3.05) is 0 Å². The molecule has 0 atom stereocenters. The summed E-state index contributed by atoms with van der Waals surface area (Å²) in [5.74, 6) is 1.42. The van der Waals surface area contributed by atoms with Crippen molar-refractivity contribution in [2.24, 2.45) is 0 Å². The maximum atomic E-state index is 10.9. The number of benzene rings is 9. The molecule has 0 aliphatic rings. The number of aromatic nitrogens is 5. The van der Waals surface area contributed by atoms with E-state index in [0.717, 1.165) is 132 Å². The van der Waals surface area contributed by atoms with E-state index in [2.05, 4.69) is 228 Å². The molecular weight excluding hydrogens is 879 g/mol. The SMILES string of the molecule is Cc1ccc2c(c1)c1ccccc1n2-c1nc(-n2c3ccccc3c3cc(C)ccc32)c(-n2c3ccccc3c3cc(C)ccc32)c(-c2ccc(C#N)c(C#N)c2)c1-n1c2ccccc2c2cc(C)ccc21. The summed E-state index contributed by atoms with van der Waals surface area (Å²) in [5.41, 5.74) is 16.6. The van der Waals surface area contributed by atoms with Gasteiger partial charge in [-0.1, -0.05) is 125 Å². The molecule has 0 fully saturated rings. The quantitative estimate of drug-likeness (QED) is 0.172. The second-order valence-electron chi connectivity index (χ2n) is 19.3. The Bertz CT molecular complexity index is 4510. The minimum absolute atomic E-state index is 0.294. The van der Waals surface area contributed by atoms with Crippen molar-refractivity contribution in [3.05, 3.63) is 221 Å². The Morgan fingerprint density at radius 3 is 1.00 bits per heavy atom. The Balaban J connectivity index is 1.34. The molecule has 0 aliphatic heterocycles. The lowest BCUT2D eigenvalue weighted by molar-refractivity contribution is 0.961. The number of nitrogens with zero attached hydrogens (tertiary/aromatic N) is 7. The van der Waals surface area contributed by atoms with Crippen LogP contribution >= 0.6 is 0 Å². The van der Waals surface area contributed by atoms with Crippen LogP contribution in [0.1, 0.15) is 33.4 Å².